The molecule has 5 heteroatoms. The van der Waals surface area contributed by atoms with Gasteiger partial charge in [0.2, 0.25) is 0 Å². The van der Waals surface area contributed by atoms with Crippen LogP contribution in [0.3, 0.4) is 0 Å². The second-order valence-electron chi connectivity index (χ2n) is 3.01. The Morgan fingerprint density at radius 1 is 1.62 bits per heavy atom. The minimum atomic E-state index is -1.23. The maximum atomic E-state index is 13.1. The lowest BCUT2D eigenvalue weighted by molar-refractivity contribution is -0.186. The Kier molecular flexibility index (Phi) is 1.98. The summed E-state index contributed by atoms with van der Waals surface area (Å²) in [7, 11) is 0. The molecule has 0 aliphatic carbocycles. The summed E-state index contributed by atoms with van der Waals surface area (Å²) in [6.07, 6.45) is 0.994. The Bertz CT molecular complexity index is 341. The molecule has 1 saturated heterocycles. The van der Waals surface area contributed by atoms with E-state index in [0.717, 1.165) is 6.20 Å². The monoisotopic (exact) mass is 203 g/mol. The molecule has 13 heavy (non-hydrogen) atoms. The third-order valence-corrected chi connectivity index (χ3v) is 2.21. The number of halogens is 2. The molecule has 0 aromatic carbocycles. The molecule has 0 radical (unpaired) electrons. The number of rotatable bonds is 1. The van der Waals surface area contributed by atoms with Crippen molar-refractivity contribution >= 4 is 11.6 Å². The van der Waals surface area contributed by atoms with E-state index in [-0.39, 0.29) is 23.9 Å². The van der Waals surface area contributed by atoms with Gasteiger partial charge in [-0.05, 0) is 6.07 Å². The van der Waals surface area contributed by atoms with Gasteiger partial charge in [0.15, 0.2) is 0 Å². The molecule has 0 amide bonds. The molecule has 70 valence electrons. The summed E-state index contributed by atoms with van der Waals surface area (Å²) in [6, 6.07) is 1.32. The highest BCUT2D eigenvalue weighted by Crippen LogP contribution is 2.31. The Morgan fingerprint density at radius 2 is 2.31 bits per heavy atom. The molecule has 1 aromatic rings. The molecular weight excluding hydrogens is 197 g/mol. The minimum absolute atomic E-state index is 0.101. The number of nitrogens with zero attached hydrogens (tertiary/aromatic N) is 1. The predicted octanol–water partition coefficient (Wildman–Crippen LogP) is 1.09. The number of ether oxygens (including phenoxy) is 1. The fraction of sp³-hybridized carbons (Fsp3) is 0.375. The first-order chi connectivity index (χ1) is 6.12. The number of pyridine rings is 1. The first-order valence-electron chi connectivity index (χ1n) is 3.73. The van der Waals surface area contributed by atoms with Crippen LogP contribution >= 0.6 is 11.6 Å². The first kappa shape index (κ1) is 8.87. The van der Waals surface area contributed by atoms with Gasteiger partial charge in [0, 0.05) is 5.56 Å². The van der Waals surface area contributed by atoms with E-state index in [9.17, 15) is 9.50 Å². The van der Waals surface area contributed by atoms with E-state index >= 15 is 0 Å². The Morgan fingerprint density at radius 3 is 2.85 bits per heavy atom. The molecule has 3 nitrogen and oxygen atoms in total. The zero-order valence-electron chi connectivity index (χ0n) is 6.63. The van der Waals surface area contributed by atoms with Crippen LogP contribution in [0.25, 0.3) is 0 Å². The lowest BCUT2D eigenvalue weighted by atomic mass is 9.93. The van der Waals surface area contributed by atoms with Crippen molar-refractivity contribution in [3.8, 4) is 0 Å². The van der Waals surface area contributed by atoms with E-state index < -0.39 is 11.4 Å². The van der Waals surface area contributed by atoms with E-state index in [1.54, 1.807) is 0 Å². The molecule has 1 aliphatic heterocycles. The van der Waals surface area contributed by atoms with Crippen LogP contribution in [0.1, 0.15) is 5.56 Å². The first-order valence-corrected chi connectivity index (χ1v) is 4.11. The van der Waals surface area contributed by atoms with Crippen molar-refractivity contribution in [1.82, 2.24) is 4.98 Å². The molecule has 1 aromatic heterocycles. The van der Waals surface area contributed by atoms with Gasteiger partial charge < -0.3 is 9.84 Å². The molecule has 1 N–H and O–H groups in total. The molecule has 0 spiro atoms. The second-order valence-corrected chi connectivity index (χ2v) is 3.40. The van der Waals surface area contributed by atoms with E-state index in [1.165, 1.54) is 6.07 Å². The smallest absolute Gasteiger partial charge is 0.147 e. The zero-order chi connectivity index (χ0) is 9.47. The third-order valence-electron chi connectivity index (χ3n) is 2.01. The molecule has 0 unspecified atom stereocenters. The predicted molar refractivity (Wildman–Crippen MR) is 43.9 cm³/mol. The van der Waals surface area contributed by atoms with Crippen LogP contribution in [-0.2, 0) is 10.3 Å². The summed E-state index contributed by atoms with van der Waals surface area (Å²) in [4.78, 5) is 3.55. The van der Waals surface area contributed by atoms with Crippen LogP contribution < -0.4 is 0 Å². The lowest BCUT2D eigenvalue weighted by Gasteiger charge is -2.36. The van der Waals surface area contributed by atoms with Crippen molar-refractivity contribution in [3.05, 3.63) is 28.8 Å². The number of hydrogen-bond acceptors (Lipinski definition) is 3. The zero-order valence-corrected chi connectivity index (χ0v) is 7.38. The van der Waals surface area contributed by atoms with Crippen molar-refractivity contribution in [2.45, 2.75) is 5.60 Å². The highest BCUT2D eigenvalue weighted by Gasteiger charge is 2.40. The second kappa shape index (κ2) is 2.90. The average molecular weight is 204 g/mol. The van der Waals surface area contributed by atoms with Crippen LogP contribution in [0.2, 0.25) is 5.15 Å². The maximum Gasteiger partial charge on any atom is 0.147 e. The fourth-order valence-corrected chi connectivity index (χ4v) is 1.38. The van der Waals surface area contributed by atoms with Crippen LogP contribution in [0.5, 0.6) is 0 Å². The molecule has 1 aliphatic rings. The summed E-state index contributed by atoms with van der Waals surface area (Å²) >= 11 is 5.57. The number of hydrogen-bond donors (Lipinski definition) is 1. The maximum absolute atomic E-state index is 13.1. The minimum Gasteiger partial charge on any atom is -0.380 e. The Balaban J connectivity index is 2.43. The van der Waals surface area contributed by atoms with Gasteiger partial charge in [-0.1, -0.05) is 11.6 Å². The van der Waals surface area contributed by atoms with E-state index in [0.29, 0.717) is 0 Å². The lowest BCUT2D eigenvalue weighted by Crippen LogP contribution is -2.47. The molecule has 2 rings (SSSR count). The van der Waals surface area contributed by atoms with Crippen molar-refractivity contribution in [3.63, 3.8) is 0 Å². The van der Waals surface area contributed by atoms with Crippen molar-refractivity contribution in [2.24, 2.45) is 0 Å². The standard InChI is InChI=1S/C8H7ClFNO2/c9-7-1-5(6(10)2-11-7)8(12)3-13-4-8/h1-2,12H,3-4H2. The summed E-state index contributed by atoms with van der Waals surface area (Å²) in [5.74, 6) is -0.560. The topological polar surface area (TPSA) is 42.4 Å². The summed E-state index contributed by atoms with van der Waals surface area (Å²) in [5.41, 5.74) is -1.07. The largest absolute Gasteiger partial charge is 0.380 e. The summed E-state index contributed by atoms with van der Waals surface area (Å²) in [6.45, 7) is 0.203. The van der Waals surface area contributed by atoms with Gasteiger partial charge in [-0.15, -0.1) is 0 Å². The Labute approximate surface area is 79.1 Å². The van der Waals surface area contributed by atoms with Gasteiger partial charge >= 0.3 is 0 Å². The average Bonchev–Trinajstić information content (AvgIpc) is 2.05. The summed E-state index contributed by atoms with van der Waals surface area (Å²) < 4.78 is 18.0. The summed E-state index contributed by atoms with van der Waals surface area (Å²) in [5, 5.41) is 9.90. The van der Waals surface area contributed by atoms with Crippen LogP contribution in [0.4, 0.5) is 4.39 Å². The van der Waals surface area contributed by atoms with Crippen LogP contribution in [0, 0.1) is 5.82 Å². The Hall–Kier alpha value is -0.710. The quantitative estimate of drug-likeness (QED) is 0.695. The normalized spacial score (nSPS) is 19.6. The van der Waals surface area contributed by atoms with Gasteiger partial charge in [0.25, 0.3) is 0 Å². The third kappa shape index (κ3) is 1.41. The van der Waals surface area contributed by atoms with Crippen molar-refractivity contribution in [1.29, 1.82) is 0 Å². The van der Waals surface area contributed by atoms with Gasteiger partial charge in [0.05, 0.1) is 19.4 Å². The number of aliphatic hydroxyl groups is 1. The van der Waals surface area contributed by atoms with Crippen molar-refractivity contribution in [2.75, 3.05) is 13.2 Å². The fourth-order valence-electron chi connectivity index (χ4n) is 1.22. The highest BCUT2D eigenvalue weighted by molar-refractivity contribution is 6.29. The van der Waals surface area contributed by atoms with Gasteiger partial charge in [-0.3, -0.25) is 0 Å². The number of aromatic nitrogens is 1. The van der Waals surface area contributed by atoms with Crippen LogP contribution in [-0.4, -0.2) is 23.3 Å². The van der Waals surface area contributed by atoms with E-state index in [4.69, 9.17) is 16.3 Å². The van der Waals surface area contributed by atoms with Gasteiger partial charge in [-0.25, -0.2) is 9.37 Å². The van der Waals surface area contributed by atoms with Gasteiger partial charge in [-0.2, -0.15) is 0 Å². The molecule has 0 bridgehead atoms. The molecule has 2 heterocycles. The molecular formula is C8H7ClFNO2. The SMILES string of the molecule is OC1(c2cc(Cl)ncc2F)COC1. The molecule has 1 fully saturated rings. The molecule has 0 saturated carbocycles. The molecule has 0 atom stereocenters. The highest BCUT2D eigenvalue weighted by atomic mass is 35.5. The van der Waals surface area contributed by atoms with Crippen molar-refractivity contribution < 1.29 is 14.2 Å². The van der Waals surface area contributed by atoms with Gasteiger partial charge in [0.1, 0.15) is 16.6 Å². The van der Waals surface area contributed by atoms with E-state index in [1.807, 2.05) is 0 Å². The van der Waals surface area contributed by atoms with E-state index in [2.05, 4.69) is 4.98 Å². The van der Waals surface area contributed by atoms with Crippen LogP contribution in [0.15, 0.2) is 12.3 Å².